The van der Waals surface area contributed by atoms with E-state index in [1.807, 2.05) is 0 Å². The van der Waals surface area contributed by atoms with Gasteiger partial charge in [-0.25, -0.2) is 0 Å². The third-order valence-electron chi connectivity index (χ3n) is 5.09. The second-order valence-corrected chi connectivity index (χ2v) is 11.3. The second-order valence-electron chi connectivity index (χ2n) is 6.66. The average molecular weight is 288 g/mol. The van der Waals surface area contributed by atoms with E-state index in [1.54, 1.807) is 10.8 Å². The third-order valence-corrected chi connectivity index (χ3v) is 8.98. The zero-order valence-electron chi connectivity index (χ0n) is 12.6. The Morgan fingerprint density at radius 1 is 0.952 bits per heavy atom. The lowest BCUT2D eigenvalue weighted by Gasteiger charge is -2.30. The smallest absolute Gasteiger partial charge is 0.0802 e. The summed E-state index contributed by atoms with van der Waals surface area (Å²) in [6, 6.07) is 13.4. The highest BCUT2D eigenvalue weighted by Crippen LogP contribution is 2.44. The van der Waals surface area contributed by atoms with Crippen LogP contribution >= 0.6 is 0 Å². The predicted octanol–water partition coefficient (Wildman–Crippen LogP) is 5.52. The summed E-state index contributed by atoms with van der Waals surface area (Å²) in [5.41, 5.74) is 3.68. The lowest BCUT2D eigenvalue weighted by atomic mass is 10.0. The Kier molecular flexibility index (Phi) is 2.80. The van der Waals surface area contributed by atoms with E-state index in [1.165, 1.54) is 16.3 Å². The van der Waals surface area contributed by atoms with Gasteiger partial charge in [0.1, 0.15) is 0 Å². The first-order chi connectivity index (χ1) is 10.2. The van der Waals surface area contributed by atoms with Crippen LogP contribution in [0.25, 0.3) is 16.0 Å². The zero-order valence-corrected chi connectivity index (χ0v) is 13.6. The van der Waals surface area contributed by atoms with Gasteiger partial charge in [0, 0.05) is 0 Å². The molecule has 1 heteroatoms. The van der Waals surface area contributed by atoms with Crippen molar-refractivity contribution in [1.82, 2.24) is 0 Å². The first-order valence-electron chi connectivity index (χ1n) is 7.74. The topological polar surface area (TPSA) is 0 Å². The van der Waals surface area contributed by atoms with Crippen molar-refractivity contribution in [3.8, 4) is 0 Å². The van der Waals surface area contributed by atoms with Crippen molar-refractivity contribution in [1.29, 1.82) is 0 Å². The van der Waals surface area contributed by atoms with Gasteiger partial charge in [-0.05, 0) is 33.9 Å². The molecule has 0 amide bonds. The van der Waals surface area contributed by atoms with Gasteiger partial charge in [-0.15, -0.1) is 0 Å². The number of rotatable bonds is 2. The van der Waals surface area contributed by atoms with E-state index < -0.39 is 8.07 Å². The fourth-order valence-corrected chi connectivity index (χ4v) is 6.91. The normalized spacial score (nSPS) is 17.5. The largest absolute Gasteiger partial charge is 0.0915 e. The van der Waals surface area contributed by atoms with Crippen LogP contribution in [0.4, 0.5) is 0 Å². The highest BCUT2D eigenvalue weighted by molar-refractivity contribution is 6.96. The Morgan fingerprint density at radius 2 is 1.71 bits per heavy atom. The minimum Gasteiger partial charge on any atom is -0.0802 e. The summed E-state index contributed by atoms with van der Waals surface area (Å²) in [6.07, 6.45) is 12.8. The molecule has 21 heavy (non-hydrogen) atoms. The van der Waals surface area contributed by atoms with Gasteiger partial charge in [-0.3, -0.25) is 0 Å². The number of hydrogen-bond acceptors (Lipinski definition) is 0. The Bertz CT molecular complexity index is 794. The molecule has 0 radical (unpaired) electrons. The molecule has 0 saturated heterocycles. The van der Waals surface area contributed by atoms with Crippen LogP contribution in [0.5, 0.6) is 0 Å². The van der Waals surface area contributed by atoms with Crippen molar-refractivity contribution in [2.75, 3.05) is 0 Å². The molecule has 0 fully saturated rings. The molecule has 0 spiro atoms. The Hall–Kier alpha value is -1.86. The van der Waals surface area contributed by atoms with Crippen LogP contribution in [-0.2, 0) is 6.42 Å². The van der Waals surface area contributed by atoms with Crippen molar-refractivity contribution >= 4 is 24.0 Å². The molecule has 0 unspecified atom stereocenters. The second kappa shape index (κ2) is 4.57. The molecule has 0 saturated carbocycles. The molecule has 2 aromatic rings. The molecule has 0 heterocycles. The summed E-state index contributed by atoms with van der Waals surface area (Å²) in [4.78, 5) is 0. The summed E-state index contributed by atoms with van der Waals surface area (Å²) < 4.78 is 0. The van der Waals surface area contributed by atoms with Gasteiger partial charge in [0.05, 0.1) is 8.07 Å². The summed E-state index contributed by atoms with van der Waals surface area (Å²) in [5, 5.41) is 4.45. The molecule has 104 valence electrons. The van der Waals surface area contributed by atoms with Crippen molar-refractivity contribution in [2.24, 2.45) is 0 Å². The Labute approximate surface area is 127 Å². The maximum absolute atomic E-state index is 2.51. The van der Waals surface area contributed by atoms with Crippen LogP contribution in [0.1, 0.15) is 11.1 Å². The van der Waals surface area contributed by atoms with E-state index in [4.69, 9.17) is 0 Å². The van der Waals surface area contributed by atoms with Gasteiger partial charge in [0.2, 0.25) is 0 Å². The van der Waals surface area contributed by atoms with Gasteiger partial charge in [0.25, 0.3) is 0 Å². The summed E-state index contributed by atoms with van der Waals surface area (Å²) in [7, 11) is -1.52. The fraction of sp³-hybridized carbons (Fsp3) is 0.200. The monoisotopic (exact) mass is 288 g/mol. The number of allylic oxidation sites excluding steroid dienone is 5. The van der Waals surface area contributed by atoms with E-state index in [0.717, 1.165) is 6.42 Å². The molecule has 2 aliphatic carbocycles. The molecular weight excluding hydrogens is 268 g/mol. The Morgan fingerprint density at radius 3 is 2.52 bits per heavy atom. The van der Waals surface area contributed by atoms with E-state index in [-0.39, 0.29) is 0 Å². The first kappa shape index (κ1) is 12.8. The number of hydrogen-bond donors (Lipinski definition) is 0. The van der Waals surface area contributed by atoms with Crippen LogP contribution in [0.3, 0.4) is 0 Å². The average Bonchev–Trinajstić information content (AvgIpc) is 3.17. The van der Waals surface area contributed by atoms with Crippen LogP contribution in [-0.4, -0.2) is 8.07 Å². The van der Waals surface area contributed by atoms with Crippen LogP contribution in [0.15, 0.2) is 66.8 Å². The predicted molar refractivity (Wildman–Crippen MR) is 95.1 cm³/mol. The lowest BCUT2D eigenvalue weighted by Crippen LogP contribution is -2.32. The molecule has 0 atom stereocenters. The van der Waals surface area contributed by atoms with Crippen LogP contribution < -0.4 is 0 Å². The van der Waals surface area contributed by atoms with Crippen molar-refractivity contribution < 1.29 is 0 Å². The maximum atomic E-state index is 2.51. The van der Waals surface area contributed by atoms with E-state index >= 15 is 0 Å². The quantitative estimate of drug-likeness (QED) is 0.638. The Balaban J connectivity index is 1.91. The van der Waals surface area contributed by atoms with Gasteiger partial charge >= 0.3 is 0 Å². The summed E-state index contributed by atoms with van der Waals surface area (Å²) >= 11 is 0. The number of benzene rings is 2. The van der Waals surface area contributed by atoms with Crippen LogP contribution in [0.2, 0.25) is 18.6 Å². The molecule has 0 aliphatic heterocycles. The summed E-state index contributed by atoms with van der Waals surface area (Å²) in [6.45, 7) is 5.03. The van der Waals surface area contributed by atoms with Gasteiger partial charge in [-0.2, -0.15) is 0 Å². The minimum atomic E-state index is -1.52. The molecule has 4 rings (SSSR count). The molecule has 2 aromatic carbocycles. The van der Waals surface area contributed by atoms with Crippen molar-refractivity contribution in [2.45, 2.75) is 25.1 Å². The molecule has 0 aromatic heterocycles. The van der Waals surface area contributed by atoms with Crippen molar-refractivity contribution in [3.63, 3.8) is 0 Å². The lowest BCUT2D eigenvalue weighted by molar-refractivity contribution is 1.32. The van der Waals surface area contributed by atoms with Crippen molar-refractivity contribution in [3.05, 3.63) is 77.9 Å². The third kappa shape index (κ3) is 1.88. The first-order valence-corrected chi connectivity index (χ1v) is 10.8. The molecule has 2 aliphatic rings. The van der Waals surface area contributed by atoms with Crippen LogP contribution in [0, 0.1) is 0 Å². The fourth-order valence-electron chi connectivity index (χ4n) is 3.80. The van der Waals surface area contributed by atoms with Gasteiger partial charge < -0.3 is 0 Å². The molecular formula is C20H20Si. The molecule has 0 nitrogen and oxygen atoms in total. The number of fused-ring (bicyclic) bond motifs is 3. The van der Waals surface area contributed by atoms with Gasteiger partial charge in [0.15, 0.2) is 0 Å². The molecule has 0 N–H and O–H groups in total. The SMILES string of the molecule is C[Si](C)(C1=CCc2ccc3ccccc3c21)C1C=CC=C1. The van der Waals surface area contributed by atoms with E-state index in [0.29, 0.717) is 5.54 Å². The van der Waals surface area contributed by atoms with E-state index in [2.05, 4.69) is 79.9 Å². The minimum absolute atomic E-state index is 0.633. The van der Waals surface area contributed by atoms with Gasteiger partial charge in [-0.1, -0.05) is 85.1 Å². The zero-order chi connectivity index (χ0) is 14.4. The highest BCUT2D eigenvalue weighted by atomic mass is 28.3. The maximum Gasteiger partial charge on any atom is 0.0915 e. The molecule has 0 bridgehead atoms. The highest BCUT2D eigenvalue weighted by Gasteiger charge is 2.37. The van der Waals surface area contributed by atoms with E-state index in [9.17, 15) is 0 Å². The summed E-state index contributed by atoms with van der Waals surface area (Å²) in [5.74, 6) is 0. The standard InChI is InChI=1S/C20H20Si/c1-21(2,17-8-4-5-9-17)19-14-13-16-12-11-15-7-3-6-10-18(15)20(16)19/h3-12,14,17H,13H2,1-2H3.